The van der Waals surface area contributed by atoms with Crippen LogP contribution in [-0.4, -0.2) is 22.6 Å². The van der Waals surface area contributed by atoms with Crippen LogP contribution in [-0.2, 0) is 16.5 Å². The third-order valence-corrected chi connectivity index (χ3v) is 2.38. The first kappa shape index (κ1) is 10.8. The molecule has 14 heavy (non-hydrogen) atoms. The summed E-state index contributed by atoms with van der Waals surface area (Å²) in [5, 5.41) is 0. The molecule has 0 amide bonds. The summed E-state index contributed by atoms with van der Waals surface area (Å²) in [6.07, 6.45) is 0. The molecule has 0 unspecified atom stereocenters. The van der Waals surface area contributed by atoms with Gasteiger partial charge in [-0.1, -0.05) is 6.07 Å². The molecule has 0 heterocycles. The fourth-order valence-corrected chi connectivity index (χ4v) is 1.62. The molecule has 0 aromatic heterocycles. The highest BCUT2D eigenvalue weighted by Gasteiger charge is 2.04. The summed E-state index contributed by atoms with van der Waals surface area (Å²) in [5.41, 5.74) is 0.693. The number of hydrogen-bond donors (Lipinski definition) is 1. The van der Waals surface area contributed by atoms with E-state index in [4.69, 9.17) is 9.47 Å². The zero-order chi connectivity index (χ0) is 10.6. The molecule has 0 spiro atoms. The second-order valence-corrected chi connectivity index (χ2v) is 3.66. The van der Waals surface area contributed by atoms with Crippen LogP contribution in [0.1, 0.15) is 5.56 Å². The Balaban J connectivity index is 3.00. The van der Waals surface area contributed by atoms with Gasteiger partial charge < -0.3 is 9.47 Å². The lowest BCUT2D eigenvalue weighted by atomic mass is 10.2. The standard InChI is InChI=1S/C9H12O4S/c1-12-8-4-3-7(6-14(10)11)5-9(8)13-2/h3-5,14H,6H2,1-2H3. The van der Waals surface area contributed by atoms with E-state index in [2.05, 4.69) is 0 Å². The Labute approximate surface area is 84.4 Å². The molecule has 0 aliphatic rings. The van der Waals surface area contributed by atoms with Crippen LogP contribution in [0.2, 0.25) is 0 Å². The summed E-state index contributed by atoms with van der Waals surface area (Å²) in [4.78, 5) is 0. The Bertz CT molecular complexity index is 376. The molecular formula is C9H12O4S. The van der Waals surface area contributed by atoms with E-state index in [0.29, 0.717) is 17.1 Å². The summed E-state index contributed by atoms with van der Waals surface area (Å²) in [5.74, 6) is 1.16. The lowest BCUT2D eigenvalue weighted by molar-refractivity contribution is 0.354. The van der Waals surface area contributed by atoms with Crippen molar-refractivity contribution in [3.05, 3.63) is 23.8 Å². The molecule has 1 aromatic carbocycles. The van der Waals surface area contributed by atoms with E-state index in [1.165, 1.54) is 14.2 Å². The van der Waals surface area contributed by atoms with Gasteiger partial charge in [-0.25, -0.2) is 8.42 Å². The zero-order valence-electron chi connectivity index (χ0n) is 8.02. The van der Waals surface area contributed by atoms with Crippen LogP contribution in [0.15, 0.2) is 18.2 Å². The van der Waals surface area contributed by atoms with Crippen LogP contribution in [0.5, 0.6) is 11.5 Å². The molecule has 0 aliphatic heterocycles. The number of methoxy groups -OCH3 is 2. The molecule has 0 bridgehead atoms. The van der Waals surface area contributed by atoms with Crippen molar-refractivity contribution in [3.8, 4) is 11.5 Å². The molecule has 5 heteroatoms. The smallest absolute Gasteiger partial charge is 0.161 e. The third kappa shape index (κ3) is 2.63. The number of hydrogen-bond acceptors (Lipinski definition) is 4. The van der Waals surface area contributed by atoms with Crippen molar-refractivity contribution in [1.29, 1.82) is 0 Å². The Morgan fingerprint density at radius 3 is 2.29 bits per heavy atom. The largest absolute Gasteiger partial charge is 0.493 e. The molecule has 0 saturated carbocycles. The number of ether oxygens (including phenoxy) is 2. The first-order valence-corrected chi connectivity index (χ1v) is 5.36. The van der Waals surface area contributed by atoms with Gasteiger partial charge in [-0.15, -0.1) is 0 Å². The number of thiol groups is 1. The van der Waals surface area contributed by atoms with Gasteiger partial charge in [0.25, 0.3) is 0 Å². The highest BCUT2D eigenvalue weighted by Crippen LogP contribution is 2.27. The Hall–Kier alpha value is -1.23. The van der Waals surface area contributed by atoms with Crippen molar-refractivity contribution < 1.29 is 17.9 Å². The van der Waals surface area contributed by atoms with Gasteiger partial charge in [0, 0.05) is 0 Å². The van der Waals surface area contributed by atoms with E-state index >= 15 is 0 Å². The number of rotatable bonds is 4. The van der Waals surface area contributed by atoms with Crippen molar-refractivity contribution >= 4 is 10.7 Å². The molecule has 0 N–H and O–H groups in total. The predicted octanol–water partition coefficient (Wildman–Crippen LogP) is 0.815. The second kappa shape index (κ2) is 4.85. The van der Waals surface area contributed by atoms with Gasteiger partial charge >= 0.3 is 0 Å². The Morgan fingerprint density at radius 2 is 1.79 bits per heavy atom. The van der Waals surface area contributed by atoms with Crippen LogP contribution < -0.4 is 9.47 Å². The SMILES string of the molecule is COc1ccc(C[SH](=O)=O)cc1OC. The van der Waals surface area contributed by atoms with E-state index in [1.54, 1.807) is 18.2 Å². The number of benzene rings is 1. The molecule has 1 rings (SSSR count). The second-order valence-electron chi connectivity index (χ2n) is 2.68. The molecule has 4 nitrogen and oxygen atoms in total. The minimum absolute atomic E-state index is 0.0235. The lowest BCUT2D eigenvalue weighted by Crippen LogP contribution is -1.93. The first-order chi connectivity index (χ1) is 6.67. The molecule has 0 radical (unpaired) electrons. The van der Waals surface area contributed by atoms with Crippen LogP contribution in [0.4, 0.5) is 0 Å². The monoisotopic (exact) mass is 216 g/mol. The highest BCUT2D eigenvalue weighted by atomic mass is 32.2. The van der Waals surface area contributed by atoms with Gasteiger partial charge in [0.15, 0.2) is 11.5 Å². The van der Waals surface area contributed by atoms with Crippen molar-refractivity contribution in [2.45, 2.75) is 5.75 Å². The summed E-state index contributed by atoms with van der Waals surface area (Å²) in [6, 6.07) is 5.05. The van der Waals surface area contributed by atoms with E-state index in [0.717, 1.165) is 0 Å². The van der Waals surface area contributed by atoms with Gasteiger partial charge in [-0.2, -0.15) is 0 Å². The van der Waals surface area contributed by atoms with Gasteiger partial charge in [-0.3, -0.25) is 0 Å². The normalized spacial score (nSPS) is 10.2. The lowest BCUT2D eigenvalue weighted by Gasteiger charge is -2.07. The minimum Gasteiger partial charge on any atom is -0.493 e. The quantitative estimate of drug-likeness (QED) is 0.757. The van der Waals surface area contributed by atoms with Crippen molar-refractivity contribution in [1.82, 2.24) is 0 Å². The molecule has 78 valence electrons. The van der Waals surface area contributed by atoms with Crippen LogP contribution >= 0.6 is 0 Å². The average molecular weight is 216 g/mol. The predicted molar refractivity (Wildman–Crippen MR) is 53.6 cm³/mol. The summed E-state index contributed by atoms with van der Waals surface area (Å²) in [6.45, 7) is 0. The molecule has 0 fully saturated rings. The molecule has 1 aromatic rings. The van der Waals surface area contributed by atoms with Gasteiger partial charge in [0.05, 0.1) is 20.0 Å². The maximum atomic E-state index is 10.5. The summed E-state index contributed by atoms with van der Waals surface area (Å²) in [7, 11) is 0.642. The Morgan fingerprint density at radius 1 is 1.14 bits per heavy atom. The third-order valence-electron chi connectivity index (χ3n) is 1.76. The molecule has 0 atom stereocenters. The van der Waals surface area contributed by atoms with Crippen molar-refractivity contribution in [2.75, 3.05) is 14.2 Å². The van der Waals surface area contributed by atoms with Gasteiger partial charge in [-0.05, 0) is 17.7 Å². The topological polar surface area (TPSA) is 52.6 Å². The average Bonchev–Trinajstić information content (AvgIpc) is 2.16. The first-order valence-electron chi connectivity index (χ1n) is 4.00. The Kier molecular flexibility index (Phi) is 3.76. The van der Waals surface area contributed by atoms with Crippen LogP contribution in [0.25, 0.3) is 0 Å². The van der Waals surface area contributed by atoms with Crippen molar-refractivity contribution in [3.63, 3.8) is 0 Å². The zero-order valence-corrected chi connectivity index (χ0v) is 8.91. The van der Waals surface area contributed by atoms with Gasteiger partial charge in [0.2, 0.25) is 0 Å². The van der Waals surface area contributed by atoms with Crippen molar-refractivity contribution in [2.24, 2.45) is 0 Å². The fraction of sp³-hybridized carbons (Fsp3) is 0.333. The fourth-order valence-electron chi connectivity index (χ4n) is 1.13. The van der Waals surface area contributed by atoms with Crippen LogP contribution in [0.3, 0.4) is 0 Å². The maximum Gasteiger partial charge on any atom is 0.161 e. The van der Waals surface area contributed by atoms with E-state index in [9.17, 15) is 8.42 Å². The molecule has 0 aliphatic carbocycles. The summed E-state index contributed by atoms with van der Waals surface area (Å²) < 4.78 is 31.0. The summed E-state index contributed by atoms with van der Waals surface area (Å²) >= 11 is 0. The minimum atomic E-state index is -2.40. The molecular weight excluding hydrogens is 204 g/mol. The van der Waals surface area contributed by atoms with Gasteiger partial charge in [0.1, 0.15) is 10.7 Å². The van der Waals surface area contributed by atoms with Crippen LogP contribution in [0, 0.1) is 0 Å². The molecule has 0 saturated heterocycles. The maximum absolute atomic E-state index is 10.5. The van der Waals surface area contributed by atoms with E-state index in [-0.39, 0.29) is 5.75 Å². The highest BCUT2D eigenvalue weighted by molar-refractivity contribution is 7.71. The van der Waals surface area contributed by atoms with E-state index < -0.39 is 10.7 Å². The van der Waals surface area contributed by atoms with E-state index in [1.807, 2.05) is 0 Å².